The monoisotopic (exact) mass is 362 g/mol. The Morgan fingerprint density at radius 2 is 1.92 bits per heavy atom. The van der Waals surface area contributed by atoms with Crippen LogP contribution in [0.15, 0.2) is 36.4 Å². The van der Waals surface area contributed by atoms with Crippen LogP contribution in [0.5, 0.6) is 5.75 Å². The van der Waals surface area contributed by atoms with Gasteiger partial charge in [0, 0.05) is 31.0 Å². The van der Waals surface area contributed by atoms with Crippen molar-refractivity contribution in [3.8, 4) is 16.9 Å². The van der Waals surface area contributed by atoms with Crippen LogP contribution in [-0.4, -0.2) is 30.2 Å². The zero-order valence-corrected chi connectivity index (χ0v) is 14.6. The molecule has 0 spiro atoms. The highest BCUT2D eigenvalue weighted by Gasteiger charge is 2.17. The van der Waals surface area contributed by atoms with E-state index in [-0.39, 0.29) is 11.5 Å². The molecule has 0 bridgehead atoms. The summed E-state index contributed by atoms with van der Waals surface area (Å²) in [5.41, 5.74) is 2.04. The molecule has 3 rings (SSSR count). The molecule has 0 radical (unpaired) electrons. The Morgan fingerprint density at radius 1 is 1.20 bits per heavy atom. The number of carbonyl (C=O) groups is 1. The lowest BCUT2D eigenvalue weighted by Crippen LogP contribution is -2.07. The highest BCUT2D eigenvalue weighted by Crippen LogP contribution is 2.34. The van der Waals surface area contributed by atoms with Crippen molar-refractivity contribution in [3.05, 3.63) is 47.9 Å². The summed E-state index contributed by atoms with van der Waals surface area (Å²) in [7, 11) is -2.09. The SMILES string of the molecule is CC(=O)c1nn(C)c2ccc(-c3ccc(F)cc3OS(C)(=O)=O)cc12. The van der Waals surface area contributed by atoms with Crippen LogP contribution in [0.25, 0.3) is 22.0 Å². The van der Waals surface area contributed by atoms with E-state index in [9.17, 15) is 17.6 Å². The zero-order chi connectivity index (χ0) is 18.4. The molecular weight excluding hydrogens is 347 g/mol. The number of ketones is 1. The van der Waals surface area contributed by atoms with Gasteiger partial charge >= 0.3 is 10.1 Å². The molecule has 0 atom stereocenters. The summed E-state index contributed by atoms with van der Waals surface area (Å²) in [5, 5.41) is 4.83. The number of rotatable bonds is 4. The fourth-order valence-electron chi connectivity index (χ4n) is 2.66. The highest BCUT2D eigenvalue weighted by molar-refractivity contribution is 7.86. The number of fused-ring (bicyclic) bond motifs is 1. The van der Waals surface area contributed by atoms with Gasteiger partial charge < -0.3 is 4.18 Å². The van der Waals surface area contributed by atoms with E-state index in [4.69, 9.17) is 4.18 Å². The first-order valence-electron chi connectivity index (χ1n) is 7.33. The minimum Gasteiger partial charge on any atom is -0.382 e. The van der Waals surface area contributed by atoms with Crippen molar-refractivity contribution in [1.29, 1.82) is 0 Å². The van der Waals surface area contributed by atoms with Gasteiger partial charge in [-0.05, 0) is 29.8 Å². The first-order valence-corrected chi connectivity index (χ1v) is 9.14. The number of hydrogen-bond donors (Lipinski definition) is 0. The number of halogens is 1. The second-order valence-corrected chi connectivity index (χ2v) is 7.26. The summed E-state index contributed by atoms with van der Waals surface area (Å²) in [6.07, 6.45) is 0.889. The average Bonchev–Trinajstić information content (AvgIpc) is 2.82. The van der Waals surface area contributed by atoms with Crippen molar-refractivity contribution >= 4 is 26.8 Å². The van der Waals surface area contributed by atoms with Gasteiger partial charge in [0.05, 0.1) is 11.8 Å². The van der Waals surface area contributed by atoms with Crippen LogP contribution in [0.1, 0.15) is 17.4 Å². The Morgan fingerprint density at radius 3 is 2.56 bits per heavy atom. The molecule has 0 fully saturated rings. The van der Waals surface area contributed by atoms with Gasteiger partial charge in [0.1, 0.15) is 11.5 Å². The number of Topliss-reactive ketones (excluding diaryl/α,β-unsaturated/α-hetero) is 1. The van der Waals surface area contributed by atoms with Crippen molar-refractivity contribution in [2.75, 3.05) is 6.26 Å². The summed E-state index contributed by atoms with van der Waals surface area (Å²) in [4.78, 5) is 11.8. The standard InChI is InChI=1S/C17H15FN2O4S/c1-10(21)17-14-8-11(4-7-15(14)20(2)19-17)13-6-5-12(18)9-16(13)24-25(3,22)23/h4-9H,1-3H3. The van der Waals surface area contributed by atoms with E-state index in [0.717, 1.165) is 17.8 Å². The maximum atomic E-state index is 13.5. The van der Waals surface area contributed by atoms with E-state index in [0.29, 0.717) is 22.2 Å². The molecular formula is C17H15FN2O4S. The van der Waals surface area contributed by atoms with Crippen LogP contribution >= 0.6 is 0 Å². The highest BCUT2D eigenvalue weighted by atomic mass is 32.2. The maximum absolute atomic E-state index is 13.5. The molecule has 25 heavy (non-hydrogen) atoms. The predicted molar refractivity (Wildman–Crippen MR) is 91.6 cm³/mol. The summed E-state index contributed by atoms with van der Waals surface area (Å²) in [6.45, 7) is 1.42. The average molecular weight is 362 g/mol. The molecule has 1 heterocycles. The Balaban J connectivity index is 2.23. The number of nitrogens with zero attached hydrogens (tertiary/aromatic N) is 2. The minimum atomic E-state index is -3.82. The molecule has 1 aromatic heterocycles. The quantitative estimate of drug-likeness (QED) is 0.527. The summed E-state index contributed by atoms with van der Waals surface area (Å²) in [5.74, 6) is -0.918. The van der Waals surface area contributed by atoms with Crippen LogP contribution in [0.3, 0.4) is 0 Å². The number of hydrogen-bond acceptors (Lipinski definition) is 5. The van der Waals surface area contributed by atoms with Crippen LogP contribution in [-0.2, 0) is 17.2 Å². The van der Waals surface area contributed by atoms with Gasteiger partial charge in [0.2, 0.25) is 0 Å². The first kappa shape index (κ1) is 17.1. The Hall–Kier alpha value is -2.74. The summed E-state index contributed by atoms with van der Waals surface area (Å²) in [6, 6.07) is 8.86. The zero-order valence-electron chi connectivity index (χ0n) is 13.8. The Kier molecular flexibility index (Phi) is 4.08. The lowest BCUT2D eigenvalue weighted by atomic mass is 10.0. The van der Waals surface area contributed by atoms with E-state index in [1.165, 1.54) is 19.1 Å². The third-order valence-electron chi connectivity index (χ3n) is 3.68. The van der Waals surface area contributed by atoms with E-state index in [1.54, 1.807) is 29.9 Å². The predicted octanol–water partition coefficient (Wildman–Crippen LogP) is 2.92. The molecule has 6 nitrogen and oxygen atoms in total. The molecule has 0 saturated heterocycles. The van der Waals surface area contributed by atoms with Crippen LogP contribution in [0.4, 0.5) is 4.39 Å². The van der Waals surface area contributed by atoms with Gasteiger partial charge in [0.15, 0.2) is 11.5 Å². The van der Waals surface area contributed by atoms with Gasteiger partial charge in [0.25, 0.3) is 0 Å². The fraction of sp³-hybridized carbons (Fsp3) is 0.176. The van der Waals surface area contributed by atoms with E-state index >= 15 is 0 Å². The molecule has 0 unspecified atom stereocenters. The van der Waals surface area contributed by atoms with Gasteiger partial charge in [-0.15, -0.1) is 0 Å². The van der Waals surface area contributed by atoms with Crippen molar-refractivity contribution in [2.24, 2.45) is 7.05 Å². The fourth-order valence-corrected chi connectivity index (χ4v) is 3.12. The topological polar surface area (TPSA) is 78.3 Å². The van der Waals surface area contributed by atoms with Crippen LogP contribution in [0, 0.1) is 5.82 Å². The normalized spacial score (nSPS) is 11.7. The van der Waals surface area contributed by atoms with Gasteiger partial charge in [-0.1, -0.05) is 6.07 Å². The summed E-state index contributed by atoms with van der Waals surface area (Å²) < 4.78 is 42.9. The lowest BCUT2D eigenvalue weighted by Gasteiger charge is -2.10. The summed E-state index contributed by atoms with van der Waals surface area (Å²) >= 11 is 0. The van der Waals surface area contributed by atoms with E-state index < -0.39 is 15.9 Å². The largest absolute Gasteiger partial charge is 0.382 e. The molecule has 130 valence electrons. The first-order chi connectivity index (χ1) is 11.7. The van der Waals surface area contributed by atoms with E-state index in [2.05, 4.69) is 5.10 Å². The number of aryl methyl sites for hydroxylation is 1. The van der Waals surface area contributed by atoms with Crippen molar-refractivity contribution in [1.82, 2.24) is 9.78 Å². The second-order valence-electron chi connectivity index (χ2n) is 5.69. The van der Waals surface area contributed by atoms with E-state index in [1.807, 2.05) is 0 Å². The minimum absolute atomic E-state index is 0.116. The van der Waals surface area contributed by atoms with Crippen molar-refractivity contribution in [2.45, 2.75) is 6.92 Å². The third-order valence-corrected chi connectivity index (χ3v) is 4.16. The Labute approximate surface area is 144 Å². The number of benzene rings is 2. The second kappa shape index (κ2) is 5.96. The molecule has 3 aromatic rings. The molecule has 8 heteroatoms. The lowest BCUT2D eigenvalue weighted by molar-refractivity contribution is 0.101. The van der Waals surface area contributed by atoms with Crippen molar-refractivity contribution in [3.63, 3.8) is 0 Å². The van der Waals surface area contributed by atoms with Crippen LogP contribution in [0.2, 0.25) is 0 Å². The molecule has 0 aliphatic rings. The van der Waals surface area contributed by atoms with Crippen molar-refractivity contribution < 1.29 is 21.8 Å². The molecule has 0 N–H and O–H groups in total. The third kappa shape index (κ3) is 3.39. The van der Waals surface area contributed by atoms with Gasteiger partial charge in [-0.25, -0.2) is 4.39 Å². The van der Waals surface area contributed by atoms with Crippen LogP contribution < -0.4 is 4.18 Å². The number of aromatic nitrogens is 2. The van der Waals surface area contributed by atoms with Gasteiger partial charge in [-0.3, -0.25) is 9.48 Å². The molecule has 0 aliphatic heterocycles. The maximum Gasteiger partial charge on any atom is 0.306 e. The number of carbonyl (C=O) groups excluding carboxylic acids is 1. The Bertz CT molecular complexity index is 1100. The molecule has 0 saturated carbocycles. The molecule has 2 aromatic carbocycles. The molecule has 0 amide bonds. The smallest absolute Gasteiger partial charge is 0.306 e. The molecule has 0 aliphatic carbocycles. The van der Waals surface area contributed by atoms with Gasteiger partial charge in [-0.2, -0.15) is 13.5 Å².